The van der Waals surface area contributed by atoms with Crippen LogP contribution in [0.3, 0.4) is 0 Å². The number of likely N-dealkylation sites (N-methyl/N-ethyl adjacent to an activating group) is 1. The van der Waals surface area contributed by atoms with Crippen LogP contribution in [-0.2, 0) is 4.79 Å². The average molecular weight is 261 g/mol. The molecule has 0 amide bonds. The van der Waals surface area contributed by atoms with Crippen LogP contribution in [0.25, 0.3) is 5.70 Å². The van der Waals surface area contributed by atoms with E-state index in [2.05, 4.69) is 4.98 Å². The van der Waals surface area contributed by atoms with E-state index in [0.29, 0.717) is 11.3 Å². The minimum Gasteiger partial charge on any atom is -0.478 e. The van der Waals surface area contributed by atoms with Gasteiger partial charge < -0.3 is 10.0 Å². The summed E-state index contributed by atoms with van der Waals surface area (Å²) in [6.07, 6.45) is 5.80. The predicted octanol–water partition coefficient (Wildman–Crippen LogP) is 1.29. The summed E-state index contributed by atoms with van der Waals surface area (Å²) in [5.41, 5.74) is 1.45. The summed E-state index contributed by atoms with van der Waals surface area (Å²) in [6.45, 7) is 0.240. The SMILES string of the molecule is CN1CC(C(=O)O)=CC=C1c1cncc([N+](=O)[O-])c1. The number of carbonyl (C=O) groups is 1. The Kier molecular flexibility index (Phi) is 3.28. The highest BCUT2D eigenvalue weighted by Gasteiger charge is 2.19. The highest BCUT2D eigenvalue weighted by atomic mass is 16.6. The number of aromatic nitrogens is 1. The monoisotopic (exact) mass is 261 g/mol. The lowest BCUT2D eigenvalue weighted by atomic mass is 10.1. The molecule has 1 aromatic rings. The Bertz CT molecular complexity index is 607. The van der Waals surface area contributed by atoms with Crippen LogP contribution < -0.4 is 0 Å². The molecule has 0 atom stereocenters. The minimum absolute atomic E-state index is 0.0974. The molecule has 0 unspecified atom stereocenters. The van der Waals surface area contributed by atoms with Crippen LogP contribution in [0.15, 0.2) is 36.2 Å². The molecule has 1 aliphatic rings. The number of aliphatic carboxylic acids is 1. The number of carboxylic acids is 1. The molecule has 7 heteroatoms. The van der Waals surface area contributed by atoms with E-state index in [1.807, 2.05) is 0 Å². The third-order valence-corrected chi connectivity index (χ3v) is 2.77. The second-order valence-electron chi connectivity index (χ2n) is 4.09. The first kappa shape index (κ1) is 12.7. The number of nitro groups is 1. The average Bonchev–Trinajstić information content (AvgIpc) is 2.38. The summed E-state index contributed by atoms with van der Waals surface area (Å²) in [4.78, 5) is 26.6. The summed E-state index contributed by atoms with van der Waals surface area (Å²) in [5, 5.41) is 19.6. The lowest BCUT2D eigenvalue weighted by Crippen LogP contribution is -2.25. The van der Waals surface area contributed by atoms with Crippen LogP contribution in [0.4, 0.5) is 5.69 Å². The molecule has 1 aliphatic heterocycles. The van der Waals surface area contributed by atoms with Crippen molar-refractivity contribution >= 4 is 17.4 Å². The van der Waals surface area contributed by atoms with Gasteiger partial charge in [0.25, 0.3) is 5.69 Å². The Balaban J connectivity index is 2.39. The van der Waals surface area contributed by atoms with Crippen LogP contribution >= 0.6 is 0 Å². The van der Waals surface area contributed by atoms with Crippen LogP contribution in [-0.4, -0.2) is 39.5 Å². The molecule has 0 aliphatic carbocycles. The molecule has 0 radical (unpaired) electrons. The molecular weight excluding hydrogens is 250 g/mol. The molecule has 2 heterocycles. The maximum atomic E-state index is 10.9. The van der Waals surface area contributed by atoms with Crippen molar-refractivity contribution in [1.29, 1.82) is 0 Å². The lowest BCUT2D eigenvalue weighted by Gasteiger charge is -2.25. The van der Waals surface area contributed by atoms with Crippen molar-refractivity contribution in [2.75, 3.05) is 13.6 Å². The van der Waals surface area contributed by atoms with E-state index >= 15 is 0 Å². The molecule has 1 aromatic heterocycles. The number of nitrogens with zero attached hydrogens (tertiary/aromatic N) is 3. The molecule has 7 nitrogen and oxygen atoms in total. The van der Waals surface area contributed by atoms with Crippen molar-refractivity contribution < 1.29 is 14.8 Å². The van der Waals surface area contributed by atoms with Crippen molar-refractivity contribution in [3.63, 3.8) is 0 Å². The molecule has 0 aromatic carbocycles. The van der Waals surface area contributed by atoms with Crippen molar-refractivity contribution in [3.8, 4) is 0 Å². The van der Waals surface area contributed by atoms with Gasteiger partial charge in [0.05, 0.1) is 10.5 Å². The van der Waals surface area contributed by atoms with Crippen LogP contribution in [0.2, 0.25) is 0 Å². The van der Waals surface area contributed by atoms with E-state index in [1.165, 1.54) is 24.5 Å². The quantitative estimate of drug-likeness (QED) is 0.650. The first-order chi connectivity index (χ1) is 8.99. The topological polar surface area (TPSA) is 96.6 Å². The number of carboxylic acid groups (broad SMARTS) is 1. The van der Waals surface area contributed by atoms with Gasteiger partial charge in [-0.1, -0.05) is 0 Å². The molecule has 0 saturated heterocycles. The molecule has 1 N–H and O–H groups in total. The normalized spacial score (nSPS) is 14.7. The smallest absolute Gasteiger partial charge is 0.333 e. The van der Waals surface area contributed by atoms with E-state index in [-0.39, 0.29) is 17.8 Å². The van der Waals surface area contributed by atoms with Gasteiger partial charge in [0.2, 0.25) is 0 Å². The summed E-state index contributed by atoms with van der Waals surface area (Å²) in [5.74, 6) is -0.973. The van der Waals surface area contributed by atoms with E-state index in [4.69, 9.17) is 5.11 Å². The van der Waals surface area contributed by atoms with Gasteiger partial charge in [0.15, 0.2) is 0 Å². The first-order valence-electron chi connectivity index (χ1n) is 5.44. The van der Waals surface area contributed by atoms with E-state index in [1.54, 1.807) is 18.0 Å². The summed E-state index contributed by atoms with van der Waals surface area (Å²) < 4.78 is 0. The first-order valence-corrected chi connectivity index (χ1v) is 5.44. The van der Waals surface area contributed by atoms with Gasteiger partial charge in [0, 0.05) is 37.1 Å². The molecule has 0 fully saturated rings. The fourth-order valence-electron chi connectivity index (χ4n) is 1.82. The molecular formula is C12H11N3O4. The number of pyridine rings is 1. The second kappa shape index (κ2) is 4.89. The van der Waals surface area contributed by atoms with Gasteiger partial charge in [-0.2, -0.15) is 0 Å². The zero-order valence-corrected chi connectivity index (χ0v) is 10.1. The number of rotatable bonds is 3. The maximum Gasteiger partial charge on any atom is 0.333 e. The minimum atomic E-state index is -0.973. The van der Waals surface area contributed by atoms with E-state index in [0.717, 1.165) is 0 Å². The molecule has 0 bridgehead atoms. The predicted molar refractivity (Wildman–Crippen MR) is 67.2 cm³/mol. The standard InChI is InChI=1S/C12H11N3O4/c1-14-7-8(12(16)17)2-3-11(14)9-4-10(15(18)19)6-13-5-9/h2-6H,7H2,1H3,(H,16,17). The highest BCUT2D eigenvalue weighted by molar-refractivity contribution is 5.89. The van der Waals surface area contributed by atoms with E-state index in [9.17, 15) is 14.9 Å². The molecule has 2 rings (SSSR count). The fraction of sp³-hybridized carbons (Fsp3) is 0.167. The fourth-order valence-corrected chi connectivity index (χ4v) is 1.82. The Hall–Kier alpha value is -2.70. The molecule has 19 heavy (non-hydrogen) atoms. The third kappa shape index (κ3) is 2.59. The highest BCUT2D eigenvalue weighted by Crippen LogP contribution is 2.24. The number of allylic oxidation sites excluding steroid dienone is 2. The number of hydrogen-bond acceptors (Lipinski definition) is 5. The van der Waals surface area contributed by atoms with Gasteiger partial charge in [-0.15, -0.1) is 0 Å². The summed E-state index contributed by atoms with van der Waals surface area (Å²) >= 11 is 0. The Morgan fingerprint density at radius 2 is 2.21 bits per heavy atom. The van der Waals surface area contributed by atoms with Crippen molar-refractivity contribution in [2.45, 2.75) is 0 Å². The van der Waals surface area contributed by atoms with Crippen LogP contribution in [0.1, 0.15) is 5.56 Å². The van der Waals surface area contributed by atoms with Gasteiger partial charge >= 0.3 is 5.97 Å². The third-order valence-electron chi connectivity index (χ3n) is 2.77. The van der Waals surface area contributed by atoms with Gasteiger partial charge in [-0.25, -0.2) is 4.79 Å². The molecule has 98 valence electrons. The van der Waals surface area contributed by atoms with Crippen LogP contribution in [0, 0.1) is 10.1 Å². The summed E-state index contributed by atoms with van der Waals surface area (Å²) in [6, 6.07) is 1.41. The second-order valence-corrected chi connectivity index (χ2v) is 4.09. The van der Waals surface area contributed by atoms with Gasteiger partial charge in [0.1, 0.15) is 6.20 Å². The van der Waals surface area contributed by atoms with Crippen molar-refractivity contribution in [2.24, 2.45) is 0 Å². The van der Waals surface area contributed by atoms with Crippen molar-refractivity contribution in [3.05, 3.63) is 51.9 Å². The largest absolute Gasteiger partial charge is 0.478 e. The molecule has 0 spiro atoms. The van der Waals surface area contributed by atoms with Crippen molar-refractivity contribution in [1.82, 2.24) is 9.88 Å². The van der Waals surface area contributed by atoms with Gasteiger partial charge in [-0.3, -0.25) is 15.1 Å². The summed E-state index contributed by atoms with van der Waals surface area (Å²) in [7, 11) is 1.72. The Morgan fingerprint density at radius 3 is 2.79 bits per heavy atom. The lowest BCUT2D eigenvalue weighted by molar-refractivity contribution is -0.385. The zero-order valence-electron chi connectivity index (χ0n) is 10.1. The van der Waals surface area contributed by atoms with Crippen LogP contribution in [0.5, 0.6) is 0 Å². The Labute approximate surface area is 108 Å². The van der Waals surface area contributed by atoms with E-state index < -0.39 is 10.9 Å². The Morgan fingerprint density at radius 1 is 1.47 bits per heavy atom. The van der Waals surface area contributed by atoms with Gasteiger partial charge in [-0.05, 0) is 12.2 Å². The number of hydrogen-bond donors (Lipinski definition) is 1. The zero-order chi connectivity index (χ0) is 14.0. The molecule has 0 saturated carbocycles. The maximum absolute atomic E-state index is 10.9.